The SMILES string of the molecule is CC1=C(N2CCOCC2)C(=O)/C(=C\C(C)(C)C)[C@@H]1c1ccccc1. The molecular weight excluding hydrogens is 298 g/mol. The summed E-state index contributed by atoms with van der Waals surface area (Å²) >= 11 is 0. The molecule has 1 aliphatic carbocycles. The summed E-state index contributed by atoms with van der Waals surface area (Å²) in [5.41, 5.74) is 4.15. The van der Waals surface area contributed by atoms with E-state index in [0.717, 1.165) is 24.4 Å². The largest absolute Gasteiger partial charge is 0.378 e. The maximum absolute atomic E-state index is 13.3. The maximum Gasteiger partial charge on any atom is 0.205 e. The van der Waals surface area contributed by atoms with Gasteiger partial charge in [-0.1, -0.05) is 57.2 Å². The van der Waals surface area contributed by atoms with E-state index in [9.17, 15) is 4.79 Å². The van der Waals surface area contributed by atoms with Gasteiger partial charge in [0.05, 0.1) is 18.9 Å². The summed E-state index contributed by atoms with van der Waals surface area (Å²) < 4.78 is 5.46. The van der Waals surface area contributed by atoms with E-state index < -0.39 is 0 Å². The fourth-order valence-corrected chi connectivity index (χ4v) is 3.69. The Morgan fingerprint density at radius 3 is 2.33 bits per heavy atom. The van der Waals surface area contributed by atoms with Crippen molar-refractivity contribution in [1.82, 2.24) is 4.90 Å². The molecule has 0 radical (unpaired) electrons. The standard InChI is InChI=1S/C21H27NO2/c1-15-18(16-8-6-5-7-9-16)17(14-21(2,3)4)20(23)19(15)22-10-12-24-13-11-22/h5-9,14,18H,10-13H2,1-4H3/b17-14-/t18-/m0/s1. The summed E-state index contributed by atoms with van der Waals surface area (Å²) in [5, 5.41) is 0. The van der Waals surface area contributed by atoms with Crippen molar-refractivity contribution in [3.8, 4) is 0 Å². The zero-order valence-electron chi connectivity index (χ0n) is 15.1. The highest BCUT2D eigenvalue weighted by Crippen LogP contribution is 2.44. The minimum atomic E-state index is -0.0290. The van der Waals surface area contributed by atoms with E-state index >= 15 is 0 Å². The van der Waals surface area contributed by atoms with Gasteiger partial charge >= 0.3 is 0 Å². The van der Waals surface area contributed by atoms with Gasteiger partial charge in [-0.3, -0.25) is 4.79 Å². The number of ketones is 1. The molecule has 1 aromatic carbocycles. The number of nitrogens with zero attached hydrogens (tertiary/aromatic N) is 1. The molecule has 0 N–H and O–H groups in total. The van der Waals surface area contributed by atoms with Crippen LogP contribution in [0.5, 0.6) is 0 Å². The van der Waals surface area contributed by atoms with Crippen LogP contribution in [0, 0.1) is 5.41 Å². The maximum atomic E-state index is 13.3. The van der Waals surface area contributed by atoms with Crippen LogP contribution in [-0.2, 0) is 9.53 Å². The van der Waals surface area contributed by atoms with E-state index in [0.29, 0.717) is 13.2 Å². The van der Waals surface area contributed by atoms with Gasteiger partial charge in [-0.25, -0.2) is 0 Å². The zero-order chi connectivity index (χ0) is 17.3. The van der Waals surface area contributed by atoms with Crippen molar-refractivity contribution >= 4 is 5.78 Å². The van der Waals surface area contributed by atoms with Crippen LogP contribution in [0.1, 0.15) is 39.2 Å². The van der Waals surface area contributed by atoms with Crippen molar-refractivity contribution in [1.29, 1.82) is 0 Å². The second-order valence-corrected chi connectivity index (χ2v) is 7.77. The Labute approximate surface area is 145 Å². The molecule has 2 aliphatic rings. The first-order chi connectivity index (χ1) is 11.4. The van der Waals surface area contributed by atoms with Gasteiger partial charge in [-0.2, -0.15) is 0 Å². The number of ether oxygens (including phenoxy) is 1. The first kappa shape index (κ1) is 17.0. The Morgan fingerprint density at radius 2 is 1.75 bits per heavy atom. The van der Waals surface area contributed by atoms with Crippen molar-refractivity contribution in [2.24, 2.45) is 5.41 Å². The summed E-state index contributed by atoms with van der Waals surface area (Å²) in [6.45, 7) is 11.5. The minimum Gasteiger partial charge on any atom is -0.378 e. The molecule has 0 unspecified atom stereocenters. The third-order valence-corrected chi connectivity index (χ3v) is 4.64. The molecular formula is C21H27NO2. The van der Waals surface area contributed by atoms with Crippen LogP contribution in [-0.4, -0.2) is 37.0 Å². The third kappa shape index (κ3) is 3.32. The fraction of sp³-hybridized carbons (Fsp3) is 0.476. The number of hydrogen-bond donors (Lipinski definition) is 0. The smallest absolute Gasteiger partial charge is 0.205 e. The lowest BCUT2D eigenvalue weighted by Gasteiger charge is -2.29. The topological polar surface area (TPSA) is 29.5 Å². The quantitative estimate of drug-likeness (QED) is 0.772. The number of rotatable bonds is 2. The number of carbonyl (C=O) groups excluding carboxylic acids is 1. The number of morpholine rings is 1. The monoisotopic (exact) mass is 325 g/mol. The summed E-state index contributed by atoms with van der Waals surface area (Å²) in [7, 11) is 0. The van der Waals surface area contributed by atoms with Crippen LogP contribution in [0.4, 0.5) is 0 Å². The average Bonchev–Trinajstić information content (AvgIpc) is 2.78. The van der Waals surface area contributed by atoms with Gasteiger partial charge in [0.25, 0.3) is 0 Å². The van der Waals surface area contributed by atoms with E-state index in [-0.39, 0.29) is 17.1 Å². The lowest BCUT2D eigenvalue weighted by atomic mass is 9.84. The third-order valence-electron chi connectivity index (χ3n) is 4.64. The number of allylic oxidation sites excluding steroid dienone is 3. The van der Waals surface area contributed by atoms with Gasteiger partial charge in [0.1, 0.15) is 0 Å². The first-order valence-corrected chi connectivity index (χ1v) is 8.74. The lowest BCUT2D eigenvalue weighted by molar-refractivity contribution is -0.114. The molecule has 1 saturated heterocycles. The molecule has 0 saturated carbocycles. The minimum absolute atomic E-state index is 0.0290. The Morgan fingerprint density at radius 1 is 1.12 bits per heavy atom. The summed E-state index contributed by atoms with van der Waals surface area (Å²) in [4.78, 5) is 15.5. The molecule has 0 aromatic heterocycles. The van der Waals surface area contributed by atoms with Crippen molar-refractivity contribution in [2.45, 2.75) is 33.6 Å². The van der Waals surface area contributed by atoms with Crippen LogP contribution in [0.25, 0.3) is 0 Å². The summed E-state index contributed by atoms with van der Waals surface area (Å²) in [6, 6.07) is 10.4. The van der Waals surface area contributed by atoms with Crippen LogP contribution in [0.2, 0.25) is 0 Å². The molecule has 1 heterocycles. The van der Waals surface area contributed by atoms with Crippen LogP contribution >= 0.6 is 0 Å². The van der Waals surface area contributed by atoms with Crippen LogP contribution < -0.4 is 0 Å². The van der Waals surface area contributed by atoms with Crippen molar-refractivity contribution in [2.75, 3.05) is 26.3 Å². The molecule has 0 spiro atoms. The van der Waals surface area contributed by atoms with Gasteiger partial charge < -0.3 is 9.64 Å². The highest BCUT2D eigenvalue weighted by Gasteiger charge is 2.39. The number of Topliss-reactive ketones (excluding diaryl/α,β-unsaturated/α-hetero) is 1. The van der Waals surface area contributed by atoms with Gasteiger partial charge in [0.2, 0.25) is 5.78 Å². The fourth-order valence-electron chi connectivity index (χ4n) is 3.69. The second-order valence-electron chi connectivity index (χ2n) is 7.77. The predicted octanol–water partition coefficient (Wildman–Crippen LogP) is 3.93. The first-order valence-electron chi connectivity index (χ1n) is 8.74. The van der Waals surface area contributed by atoms with Crippen molar-refractivity contribution in [3.05, 3.63) is 58.8 Å². The molecule has 0 bridgehead atoms. The average molecular weight is 325 g/mol. The molecule has 1 aromatic rings. The molecule has 128 valence electrons. The van der Waals surface area contributed by atoms with Gasteiger partial charge in [0.15, 0.2) is 0 Å². The zero-order valence-corrected chi connectivity index (χ0v) is 15.1. The lowest BCUT2D eigenvalue weighted by Crippen LogP contribution is -2.37. The van der Waals surface area contributed by atoms with Gasteiger partial charge in [-0.15, -0.1) is 0 Å². The van der Waals surface area contributed by atoms with Gasteiger partial charge in [0, 0.05) is 24.6 Å². The summed E-state index contributed by atoms with van der Waals surface area (Å²) in [5.74, 6) is 0.258. The number of carbonyl (C=O) groups is 1. The Balaban J connectivity index is 2.08. The van der Waals surface area contributed by atoms with Crippen molar-refractivity contribution in [3.63, 3.8) is 0 Å². The van der Waals surface area contributed by atoms with E-state index in [4.69, 9.17) is 4.74 Å². The highest BCUT2D eigenvalue weighted by atomic mass is 16.5. The summed E-state index contributed by atoms with van der Waals surface area (Å²) in [6.07, 6.45) is 2.16. The predicted molar refractivity (Wildman–Crippen MR) is 96.8 cm³/mol. The molecule has 1 fully saturated rings. The molecule has 3 rings (SSSR count). The molecule has 3 heteroatoms. The van der Waals surface area contributed by atoms with E-state index in [2.05, 4.69) is 62.9 Å². The normalized spacial score (nSPS) is 24.2. The molecule has 0 amide bonds. The van der Waals surface area contributed by atoms with E-state index in [1.807, 2.05) is 6.07 Å². The van der Waals surface area contributed by atoms with E-state index in [1.165, 1.54) is 11.1 Å². The van der Waals surface area contributed by atoms with Gasteiger partial charge in [-0.05, 0) is 23.5 Å². The Bertz CT molecular complexity index is 674. The molecule has 3 nitrogen and oxygen atoms in total. The molecule has 1 atom stereocenters. The Kier molecular flexibility index (Phi) is 4.64. The number of hydrogen-bond acceptors (Lipinski definition) is 3. The van der Waals surface area contributed by atoms with Crippen LogP contribution in [0.15, 0.2) is 53.3 Å². The number of benzene rings is 1. The molecule has 1 aliphatic heterocycles. The molecule has 24 heavy (non-hydrogen) atoms. The second kappa shape index (κ2) is 6.56. The van der Waals surface area contributed by atoms with E-state index in [1.54, 1.807) is 0 Å². The Hall–Kier alpha value is -1.87. The van der Waals surface area contributed by atoms with Crippen molar-refractivity contribution < 1.29 is 9.53 Å². The van der Waals surface area contributed by atoms with Crippen LogP contribution in [0.3, 0.4) is 0 Å². The highest BCUT2D eigenvalue weighted by molar-refractivity contribution is 6.13.